The number of hydrogen-bond donors (Lipinski definition) is 4. The molecule has 0 heterocycles. The first-order chi connectivity index (χ1) is 10.9. The zero-order valence-electron chi connectivity index (χ0n) is 12.1. The van der Waals surface area contributed by atoms with E-state index in [9.17, 15) is 22.8 Å². The lowest BCUT2D eigenvalue weighted by Crippen LogP contribution is -2.42. The van der Waals surface area contributed by atoms with Crippen molar-refractivity contribution in [1.82, 2.24) is 5.32 Å². The Morgan fingerprint density at radius 1 is 1.29 bits per heavy atom. The number of nitrogens with one attached hydrogen (secondary N) is 1. The Kier molecular flexibility index (Phi) is 8.78. The Hall–Kier alpha value is -2.33. The van der Waals surface area contributed by atoms with Crippen molar-refractivity contribution in [2.24, 2.45) is 11.5 Å². The molecule has 11 heteroatoms. The van der Waals surface area contributed by atoms with Gasteiger partial charge in [0, 0.05) is 11.6 Å². The van der Waals surface area contributed by atoms with Crippen LogP contribution in [0, 0.1) is 0 Å². The molecule has 0 spiro atoms. The quantitative estimate of drug-likeness (QED) is 0.608. The first-order valence-corrected chi connectivity index (χ1v) is 6.67. The summed E-state index contributed by atoms with van der Waals surface area (Å²) in [6, 6.07) is 6.18. The highest BCUT2D eigenvalue weighted by molar-refractivity contribution is 6.30. The molecule has 0 unspecified atom stereocenters. The van der Waals surface area contributed by atoms with Crippen LogP contribution in [0.4, 0.5) is 13.2 Å². The van der Waals surface area contributed by atoms with E-state index < -0.39 is 30.0 Å². The average molecular weight is 370 g/mol. The van der Waals surface area contributed by atoms with Gasteiger partial charge in [-0.3, -0.25) is 9.59 Å². The molecule has 0 aliphatic heterocycles. The van der Waals surface area contributed by atoms with Crippen LogP contribution in [0.1, 0.15) is 12.0 Å². The van der Waals surface area contributed by atoms with E-state index in [0.717, 1.165) is 5.56 Å². The second-order valence-electron chi connectivity index (χ2n) is 4.43. The fourth-order valence-corrected chi connectivity index (χ4v) is 1.49. The number of carboxylic acid groups (broad SMARTS) is 1. The fraction of sp³-hybridized carbons (Fsp3) is 0.308. The molecular weight excluding hydrogens is 355 g/mol. The summed E-state index contributed by atoms with van der Waals surface area (Å²) < 4.78 is 31.7. The number of benzene rings is 1. The van der Waals surface area contributed by atoms with Crippen LogP contribution in [0.5, 0.6) is 0 Å². The number of carboxylic acids is 1. The maximum absolute atomic E-state index is 11.5. The lowest BCUT2D eigenvalue weighted by molar-refractivity contribution is -0.192. The van der Waals surface area contributed by atoms with Crippen molar-refractivity contribution in [2.75, 3.05) is 0 Å². The number of nitrogens with two attached hydrogens (primary N) is 2. The molecular formula is C13H15ClF3N3O4. The van der Waals surface area contributed by atoms with Gasteiger partial charge in [-0.2, -0.15) is 13.2 Å². The minimum atomic E-state index is -5.08. The predicted molar refractivity (Wildman–Crippen MR) is 78.8 cm³/mol. The van der Waals surface area contributed by atoms with Gasteiger partial charge in [-0.05, 0) is 17.7 Å². The highest BCUT2D eigenvalue weighted by Gasteiger charge is 2.38. The third kappa shape index (κ3) is 9.64. The van der Waals surface area contributed by atoms with Crippen LogP contribution >= 0.6 is 11.6 Å². The molecule has 0 saturated heterocycles. The number of amides is 2. The SMILES string of the molecule is NC(=O)C[C@H](N)C(=O)NCc1cccc(Cl)c1.O=C(O)C(F)(F)F. The van der Waals surface area contributed by atoms with Crippen LogP contribution in [-0.4, -0.2) is 35.1 Å². The van der Waals surface area contributed by atoms with Gasteiger partial charge in [0.2, 0.25) is 11.8 Å². The predicted octanol–water partition coefficient (Wildman–Crippen LogP) is 0.792. The minimum Gasteiger partial charge on any atom is -0.475 e. The first kappa shape index (κ1) is 21.7. The van der Waals surface area contributed by atoms with E-state index in [4.69, 9.17) is 33.0 Å². The van der Waals surface area contributed by atoms with Crippen molar-refractivity contribution in [3.63, 3.8) is 0 Å². The summed E-state index contributed by atoms with van der Waals surface area (Å²) in [5.74, 6) is -3.77. The summed E-state index contributed by atoms with van der Waals surface area (Å²) in [6.07, 6.45) is -5.25. The Labute approximate surface area is 139 Å². The molecule has 7 nitrogen and oxygen atoms in total. The standard InChI is InChI=1S/C11H14ClN3O2.C2HF3O2/c12-8-3-1-2-7(4-8)6-15-11(17)9(13)5-10(14)16;3-2(4,5)1(6)7/h1-4,9H,5-6,13H2,(H2,14,16)(H,15,17);(H,6,7)/t9-;/m0./s1. The molecule has 1 rings (SSSR count). The number of carbonyl (C=O) groups excluding carboxylic acids is 2. The molecule has 0 aliphatic carbocycles. The van der Waals surface area contributed by atoms with Crippen LogP contribution in [0.25, 0.3) is 0 Å². The smallest absolute Gasteiger partial charge is 0.475 e. The van der Waals surface area contributed by atoms with Gasteiger partial charge in [-0.1, -0.05) is 23.7 Å². The van der Waals surface area contributed by atoms with Crippen LogP contribution in [0.2, 0.25) is 5.02 Å². The summed E-state index contributed by atoms with van der Waals surface area (Å²) in [4.78, 5) is 30.9. The molecule has 0 bridgehead atoms. The van der Waals surface area contributed by atoms with E-state index in [1.165, 1.54) is 0 Å². The van der Waals surface area contributed by atoms with E-state index in [1.807, 2.05) is 6.07 Å². The number of aliphatic carboxylic acids is 1. The molecule has 0 saturated carbocycles. The number of primary amides is 1. The lowest BCUT2D eigenvalue weighted by Gasteiger charge is -2.10. The average Bonchev–Trinajstić information content (AvgIpc) is 2.43. The van der Waals surface area contributed by atoms with Crippen LogP contribution in [0.3, 0.4) is 0 Å². The molecule has 1 atom stereocenters. The number of hydrogen-bond acceptors (Lipinski definition) is 4. The Morgan fingerprint density at radius 2 is 1.83 bits per heavy atom. The Balaban J connectivity index is 0.000000640. The molecule has 0 aromatic heterocycles. The monoisotopic (exact) mass is 369 g/mol. The highest BCUT2D eigenvalue weighted by atomic mass is 35.5. The van der Waals surface area contributed by atoms with Crippen molar-refractivity contribution in [3.8, 4) is 0 Å². The summed E-state index contributed by atoms with van der Waals surface area (Å²) >= 11 is 5.79. The van der Waals surface area contributed by atoms with Gasteiger partial charge in [-0.25, -0.2) is 4.79 Å². The summed E-state index contributed by atoms with van der Waals surface area (Å²) in [7, 11) is 0. The van der Waals surface area contributed by atoms with Gasteiger partial charge in [0.25, 0.3) is 0 Å². The van der Waals surface area contributed by atoms with E-state index >= 15 is 0 Å². The van der Waals surface area contributed by atoms with Crippen LogP contribution in [-0.2, 0) is 20.9 Å². The van der Waals surface area contributed by atoms with Gasteiger partial charge in [0.15, 0.2) is 0 Å². The van der Waals surface area contributed by atoms with Gasteiger partial charge < -0.3 is 21.9 Å². The molecule has 6 N–H and O–H groups in total. The molecule has 134 valence electrons. The van der Waals surface area contributed by atoms with Crippen molar-refractivity contribution < 1.29 is 32.7 Å². The number of carbonyl (C=O) groups is 3. The number of alkyl halides is 3. The van der Waals surface area contributed by atoms with Gasteiger partial charge in [-0.15, -0.1) is 0 Å². The van der Waals surface area contributed by atoms with Crippen molar-refractivity contribution in [2.45, 2.75) is 25.2 Å². The summed E-state index contributed by atoms with van der Waals surface area (Å²) in [5, 5.41) is 10.3. The minimum absolute atomic E-state index is 0.165. The largest absolute Gasteiger partial charge is 0.490 e. The fourth-order valence-electron chi connectivity index (χ4n) is 1.28. The van der Waals surface area contributed by atoms with E-state index in [-0.39, 0.29) is 6.42 Å². The zero-order valence-corrected chi connectivity index (χ0v) is 12.9. The molecule has 1 aromatic rings. The molecule has 0 fully saturated rings. The topological polar surface area (TPSA) is 136 Å². The maximum Gasteiger partial charge on any atom is 0.490 e. The van der Waals surface area contributed by atoms with Gasteiger partial charge >= 0.3 is 12.1 Å². The first-order valence-electron chi connectivity index (χ1n) is 6.29. The maximum atomic E-state index is 11.5. The molecule has 0 aliphatic rings. The third-order valence-electron chi connectivity index (χ3n) is 2.36. The Bertz CT molecular complexity index is 596. The van der Waals surface area contributed by atoms with Crippen LogP contribution < -0.4 is 16.8 Å². The van der Waals surface area contributed by atoms with E-state index in [0.29, 0.717) is 11.6 Å². The van der Waals surface area contributed by atoms with E-state index in [1.54, 1.807) is 18.2 Å². The Morgan fingerprint density at radius 3 is 2.25 bits per heavy atom. The highest BCUT2D eigenvalue weighted by Crippen LogP contribution is 2.13. The van der Waals surface area contributed by atoms with Gasteiger partial charge in [0.1, 0.15) is 0 Å². The number of rotatable bonds is 5. The van der Waals surface area contributed by atoms with Crippen molar-refractivity contribution >= 4 is 29.4 Å². The van der Waals surface area contributed by atoms with Gasteiger partial charge in [0.05, 0.1) is 12.5 Å². The number of halogens is 4. The van der Waals surface area contributed by atoms with Crippen molar-refractivity contribution in [3.05, 3.63) is 34.9 Å². The molecule has 1 aromatic carbocycles. The summed E-state index contributed by atoms with van der Waals surface area (Å²) in [6.45, 7) is 0.311. The third-order valence-corrected chi connectivity index (χ3v) is 2.59. The normalized spacial score (nSPS) is 11.7. The van der Waals surface area contributed by atoms with Crippen molar-refractivity contribution in [1.29, 1.82) is 0 Å². The second kappa shape index (κ2) is 9.73. The lowest BCUT2D eigenvalue weighted by atomic mass is 10.2. The summed E-state index contributed by atoms with van der Waals surface area (Å²) in [5.41, 5.74) is 11.3. The second-order valence-corrected chi connectivity index (χ2v) is 4.86. The molecule has 24 heavy (non-hydrogen) atoms. The molecule has 2 amide bonds. The molecule has 0 radical (unpaired) electrons. The van der Waals surface area contributed by atoms with Crippen LogP contribution in [0.15, 0.2) is 24.3 Å². The zero-order chi connectivity index (χ0) is 18.9. The van der Waals surface area contributed by atoms with E-state index in [2.05, 4.69) is 5.32 Å².